The van der Waals surface area contributed by atoms with Gasteiger partial charge in [-0.1, -0.05) is 0 Å². The number of hydrogen-bond acceptors (Lipinski definition) is 4. The second-order valence-electron chi connectivity index (χ2n) is 5.99. The summed E-state index contributed by atoms with van der Waals surface area (Å²) in [7, 11) is 1.77. The van der Waals surface area contributed by atoms with Gasteiger partial charge in [-0.05, 0) is 53.4 Å². The number of nitrogens with one attached hydrogen (secondary N) is 2. The van der Waals surface area contributed by atoms with E-state index in [9.17, 15) is 0 Å². The van der Waals surface area contributed by atoms with Gasteiger partial charge >= 0.3 is 0 Å². The highest BCUT2D eigenvalue weighted by Crippen LogP contribution is 2.39. The van der Waals surface area contributed by atoms with E-state index in [1.807, 2.05) is 12.1 Å². The quantitative estimate of drug-likeness (QED) is 0.617. The van der Waals surface area contributed by atoms with E-state index in [2.05, 4.69) is 38.5 Å². The maximum atomic E-state index is 5.78. The Hall–Kier alpha value is -1.47. The molecule has 0 amide bonds. The van der Waals surface area contributed by atoms with Crippen LogP contribution in [0.4, 0.5) is 0 Å². The number of guanidine groups is 1. The van der Waals surface area contributed by atoms with Gasteiger partial charge in [-0.3, -0.25) is 4.99 Å². The van der Waals surface area contributed by atoms with Crippen molar-refractivity contribution in [3.63, 3.8) is 0 Å². The molecule has 3 rings (SSSR count). The lowest BCUT2D eigenvalue weighted by Crippen LogP contribution is -2.45. The van der Waals surface area contributed by atoms with Crippen molar-refractivity contribution in [2.45, 2.75) is 31.9 Å². The second kappa shape index (κ2) is 6.97. The summed E-state index contributed by atoms with van der Waals surface area (Å²) in [6, 6.07) is 4.00. The van der Waals surface area contributed by atoms with Crippen LogP contribution in [0, 0.1) is 0 Å². The van der Waals surface area contributed by atoms with Gasteiger partial charge in [0.25, 0.3) is 0 Å². The highest BCUT2D eigenvalue weighted by molar-refractivity contribution is 9.10. The van der Waals surface area contributed by atoms with Gasteiger partial charge in [0.05, 0.1) is 10.1 Å². The van der Waals surface area contributed by atoms with Gasteiger partial charge in [-0.2, -0.15) is 0 Å². The number of benzene rings is 1. The molecule has 1 saturated heterocycles. The predicted molar refractivity (Wildman–Crippen MR) is 92.1 cm³/mol. The van der Waals surface area contributed by atoms with Crippen molar-refractivity contribution in [2.75, 3.05) is 27.0 Å². The molecule has 2 aliphatic rings. The predicted octanol–water partition coefficient (Wildman–Crippen LogP) is 2.41. The van der Waals surface area contributed by atoms with E-state index in [1.165, 1.54) is 0 Å². The monoisotopic (exact) mass is 383 g/mol. The molecule has 0 spiro atoms. The van der Waals surface area contributed by atoms with Crippen LogP contribution in [-0.2, 0) is 11.3 Å². The molecule has 7 heteroatoms. The van der Waals surface area contributed by atoms with Gasteiger partial charge in [0, 0.05) is 26.7 Å². The fourth-order valence-electron chi connectivity index (χ4n) is 2.78. The first kappa shape index (κ1) is 16.4. The SMILES string of the molecule is CN=C(NCc1cc(Br)c2c(c1)OCO2)NCC1(C)CCCO1. The van der Waals surface area contributed by atoms with Crippen LogP contribution in [0.15, 0.2) is 21.6 Å². The second-order valence-corrected chi connectivity index (χ2v) is 6.85. The number of nitrogens with zero attached hydrogens (tertiary/aromatic N) is 1. The third kappa shape index (κ3) is 3.90. The maximum Gasteiger partial charge on any atom is 0.231 e. The summed E-state index contributed by atoms with van der Waals surface area (Å²) in [5.74, 6) is 2.30. The van der Waals surface area contributed by atoms with Gasteiger partial charge in [0.1, 0.15) is 0 Å². The Balaban J connectivity index is 1.55. The average molecular weight is 384 g/mol. The fraction of sp³-hybridized carbons (Fsp3) is 0.562. The van der Waals surface area contributed by atoms with E-state index >= 15 is 0 Å². The Morgan fingerprint density at radius 1 is 1.35 bits per heavy atom. The smallest absolute Gasteiger partial charge is 0.231 e. The Morgan fingerprint density at radius 2 is 2.22 bits per heavy atom. The Morgan fingerprint density at radius 3 is 2.96 bits per heavy atom. The van der Waals surface area contributed by atoms with Crippen molar-refractivity contribution < 1.29 is 14.2 Å². The normalized spacial score (nSPS) is 23.2. The van der Waals surface area contributed by atoms with Crippen LogP contribution >= 0.6 is 15.9 Å². The Labute approximate surface area is 144 Å². The third-order valence-corrected chi connectivity index (χ3v) is 4.69. The van der Waals surface area contributed by atoms with Crippen LogP contribution in [0.5, 0.6) is 11.5 Å². The van der Waals surface area contributed by atoms with E-state index in [-0.39, 0.29) is 12.4 Å². The van der Waals surface area contributed by atoms with Crippen LogP contribution in [-0.4, -0.2) is 38.6 Å². The molecule has 1 atom stereocenters. The van der Waals surface area contributed by atoms with Crippen LogP contribution in [0.25, 0.3) is 0 Å². The lowest BCUT2D eigenvalue weighted by Gasteiger charge is -2.24. The maximum absolute atomic E-state index is 5.78. The summed E-state index contributed by atoms with van der Waals surface area (Å²) in [5, 5.41) is 6.65. The molecule has 23 heavy (non-hydrogen) atoms. The van der Waals surface area contributed by atoms with Gasteiger partial charge < -0.3 is 24.8 Å². The molecular weight excluding hydrogens is 362 g/mol. The zero-order chi connectivity index (χ0) is 16.3. The molecule has 1 unspecified atom stereocenters. The zero-order valence-electron chi connectivity index (χ0n) is 13.4. The molecule has 0 aromatic heterocycles. The summed E-state index contributed by atoms with van der Waals surface area (Å²) >= 11 is 3.51. The number of halogens is 1. The molecule has 0 aliphatic carbocycles. The first-order valence-electron chi connectivity index (χ1n) is 7.76. The van der Waals surface area contributed by atoms with Gasteiger partial charge in [0.15, 0.2) is 17.5 Å². The topological polar surface area (TPSA) is 64.1 Å². The highest BCUT2D eigenvalue weighted by Gasteiger charge is 2.29. The molecule has 126 valence electrons. The van der Waals surface area contributed by atoms with Crippen molar-refractivity contribution in [3.8, 4) is 11.5 Å². The molecule has 0 radical (unpaired) electrons. The first-order valence-corrected chi connectivity index (χ1v) is 8.55. The summed E-state index contributed by atoms with van der Waals surface area (Å²) in [4.78, 5) is 4.26. The standard InChI is InChI=1S/C16H22BrN3O3/c1-16(4-3-5-23-16)9-20-15(18-2)19-8-11-6-12(17)14-13(7-11)21-10-22-14/h6-7H,3-5,8-10H2,1-2H3,(H2,18,19,20). The van der Waals surface area contributed by atoms with Gasteiger partial charge in [-0.15, -0.1) is 0 Å². The van der Waals surface area contributed by atoms with Crippen LogP contribution in [0.1, 0.15) is 25.3 Å². The summed E-state index contributed by atoms with van der Waals surface area (Å²) < 4.78 is 17.5. The fourth-order valence-corrected chi connectivity index (χ4v) is 3.38. The Bertz CT molecular complexity index is 600. The molecule has 2 aliphatic heterocycles. The number of fused-ring (bicyclic) bond motifs is 1. The summed E-state index contributed by atoms with van der Waals surface area (Å²) in [5.41, 5.74) is 0.992. The molecule has 1 fully saturated rings. The third-order valence-electron chi connectivity index (χ3n) is 4.10. The minimum absolute atomic E-state index is 0.0978. The summed E-state index contributed by atoms with van der Waals surface area (Å²) in [6.07, 6.45) is 2.20. The molecule has 1 aromatic carbocycles. The number of aliphatic imine (C=N–C) groups is 1. The molecule has 2 N–H and O–H groups in total. The number of rotatable bonds is 4. The minimum Gasteiger partial charge on any atom is -0.454 e. The van der Waals surface area contributed by atoms with Crippen molar-refractivity contribution in [2.24, 2.45) is 4.99 Å². The molecule has 2 heterocycles. The molecule has 6 nitrogen and oxygen atoms in total. The largest absolute Gasteiger partial charge is 0.454 e. The lowest BCUT2D eigenvalue weighted by molar-refractivity contribution is 0.0243. The molecule has 0 bridgehead atoms. The zero-order valence-corrected chi connectivity index (χ0v) is 15.0. The lowest BCUT2D eigenvalue weighted by atomic mass is 10.0. The van der Waals surface area contributed by atoms with Crippen molar-refractivity contribution in [1.82, 2.24) is 10.6 Å². The molecule has 1 aromatic rings. The van der Waals surface area contributed by atoms with Crippen molar-refractivity contribution in [1.29, 1.82) is 0 Å². The van der Waals surface area contributed by atoms with E-state index in [0.29, 0.717) is 6.54 Å². The van der Waals surface area contributed by atoms with Gasteiger partial charge in [-0.25, -0.2) is 0 Å². The number of ether oxygens (including phenoxy) is 3. The van der Waals surface area contributed by atoms with Crippen molar-refractivity contribution in [3.05, 3.63) is 22.2 Å². The van der Waals surface area contributed by atoms with Crippen LogP contribution in [0.3, 0.4) is 0 Å². The Kier molecular flexibility index (Phi) is 4.96. The minimum atomic E-state index is -0.0978. The molecule has 0 saturated carbocycles. The van der Waals surface area contributed by atoms with Crippen molar-refractivity contribution >= 4 is 21.9 Å². The molecular formula is C16H22BrN3O3. The van der Waals surface area contributed by atoms with E-state index in [4.69, 9.17) is 14.2 Å². The van der Waals surface area contributed by atoms with E-state index in [0.717, 1.165) is 53.5 Å². The van der Waals surface area contributed by atoms with E-state index < -0.39 is 0 Å². The van der Waals surface area contributed by atoms with Gasteiger partial charge in [0.2, 0.25) is 6.79 Å². The van der Waals surface area contributed by atoms with Crippen LogP contribution < -0.4 is 20.1 Å². The van der Waals surface area contributed by atoms with Crippen LogP contribution in [0.2, 0.25) is 0 Å². The number of hydrogen-bond donors (Lipinski definition) is 2. The average Bonchev–Trinajstić information content (AvgIpc) is 3.17. The highest BCUT2D eigenvalue weighted by atomic mass is 79.9. The first-order chi connectivity index (χ1) is 11.1. The summed E-state index contributed by atoms with van der Waals surface area (Å²) in [6.45, 7) is 4.64. The van der Waals surface area contributed by atoms with E-state index in [1.54, 1.807) is 7.05 Å².